The van der Waals surface area contributed by atoms with Crippen molar-refractivity contribution in [2.24, 2.45) is 0 Å². The van der Waals surface area contributed by atoms with Gasteiger partial charge in [-0.1, -0.05) is 12.1 Å². The Morgan fingerprint density at radius 3 is 2.88 bits per heavy atom. The van der Waals surface area contributed by atoms with Crippen LogP contribution in [0.2, 0.25) is 0 Å². The van der Waals surface area contributed by atoms with Crippen LogP contribution in [0.3, 0.4) is 0 Å². The van der Waals surface area contributed by atoms with Gasteiger partial charge in [0.1, 0.15) is 5.82 Å². The van der Waals surface area contributed by atoms with E-state index in [1.165, 1.54) is 6.07 Å². The fourth-order valence-electron chi connectivity index (χ4n) is 3.65. The minimum atomic E-state index is -0.351. The summed E-state index contributed by atoms with van der Waals surface area (Å²) in [5.74, 6) is -0.551. The van der Waals surface area contributed by atoms with Gasteiger partial charge in [0.05, 0.1) is 22.8 Å². The van der Waals surface area contributed by atoms with E-state index >= 15 is 0 Å². The quantitative estimate of drug-likeness (QED) is 0.699. The summed E-state index contributed by atoms with van der Waals surface area (Å²) >= 11 is 0. The second-order valence-corrected chi connectivity index (χ2v) is 7.04. The highest BCUT2D eigenvalue weighted by Gasteiger charge is 2.28. The number of para-hydroxylation sites is 1. The molecule has 0 atom stereocenters. The molecule has 0 N–H and O–H groups in total. The van der Waals surface area contributed by atoms with Gasteiger partial charge in [-0.2, -0.15) is 5.10 Å². The topological polar surface area (TPSA) is 51.0 Å². The van der Waals surface area contributed by atoms with Crippen LogP contribution in [0, 0.1) is 12.7 Å². The second-order valence-electron chi connectivity index (χ2n) is 7.04. The van der Waals surface area contributed by atoms with Crippen molar-refractivity contribution in [3.63, 3.8) is 0 Å². The zero-order valence-electron chi connectivity index (χ0n) is 15.2. The third-order valence-electron chi connectivity index (χ3n) is 4.83. The lowest BCUT2D eigenvalue weighted by molar-refractivity contribution is 0.0985. The molecule has 0 aliphatic carbocycles. The van der Waals surface area contributed by atoms with Gasteiger partial charge in [-0.25, -0.2) is 14.1 Å². The van der Waals surface area contributed by atoms with Gasteiger partial charge in [0.15, 0.2) is 5.65 Å². The van der Waals surface area contributed by atoms with Crippen molar-refractivity contribution >= 4 is 22.6 Å². The van der Waals surface area contributed by atoms with E-state index in [9.17, 15) is 9.18 Å². The Morgan fingerprint density at radius 2 is 2.12 bits per heavy atom. The zero-order chi connectivity index (χ0) is 18.4. The molecule has 6 heteroatoms. The molecule has 4 rings (SSSR count). The van der Waals surface area contributed by atoms with Gasteiger partial charge in [-0.15, -0.1) is 0 Å². The van der Waals surface area contributed by atoms with Crippen LogP contribution in [0.5, 0.6) is 0 Å². The number of nitrogens with zero attached hydrogens (tertiary/aromatic N) is 4. The lowest BCUT2D eigenvalue weighted by Crippen LogP contribution is -2.36. The number of anilines is 1. The highest BCUT2D eigenvalue weighted by molar-refractivity contribution is 6.13. The van der Waals surface area contributed by atoms with Crippen LogP contribution >= 0.6 is 0 Å². The molecule has 0 spiro atoms. The number of carbonyl (C=O) groups is 1. The lowest BCUT2D eigenvalue weighted by Gasteiger charge is -2.30. The van der Waals surface area contributed by atoms with Gasteiger partial charge in [0, 0.05) is 18.3 Å². The van der Waals surface area contributed by atoms with Gasteiger partial charge >= 0.3 is 0 Å². The summed E-state index contributed by atoms with van der Waals surface area (Å²) in [6.45, 7) is 6.41. The molecular weight excluding hydrogens is 331 g/mol. The molecule has 3 heterocycles. The van der Waals surface area contributed by atoms with Crippen LogP contribution in [0.1, 0.15) is 47.9 Å². The first-order valence-corrected chi connectivity index (χ1v) is 8.91. The molecule has 0 radical (unpaired) electrons. The summed E-state index contributed by atoms with van der Waals surface area (Å²) in [6.07, 6.45) is 3.29. The largest absolute Gasteiger partial charge is 0.305 e. The van der Waals surface area contributed by atoms with Crippen molar-refractivity contribution in [1.29, 1.82) is 0 Å². The van der Waals surface area contributed by atoms with E-state index in [1.54, 1.807) is 23.2 Å². The molecule has 1 amide bonds. The Hall–Kier alpha value is -2.76. The van der Waals surface area contributed by atoms with E-state index in [2.05, 4.69) is 10.1 Å². The van der Waals surface area contributed by atoms with Crippen LogP contribution in [0.15, 0.2) is 30.5 Å². The van der Waals surface area contributed by atoms with Crippen LogP contribution in [0.4, 0.5) is 10.1 Å². The van der Waals surface area contributed by atoms with Crippen molar-refractivity contribution in [2.45, 2.75) is 39.7 Å². The Kier molecular flexibility index (Phi) is 3.98. The number of benzene rings is 1. The first-order chi connectivity index (χ1) is 12.5. The van der Waals surface area contributed by atoms with Crippen molar-refractivity contribution in [3.05, 3.63) is 53.1 Å². The van der Waals surface area contributed by atoms with Gasteiger partial charge in [0.2, 0.25) is 0 Å². The fraction of sp³-hybridized carbons (Fsp3) is 0.350. The number of hydrogen-bond acceptors (Lipinski definition) is 3. The summed E-state index contributed by atoms with van der Waals surface area (Å²) < 4.78 is 16.3. The molecule has 5 nitrogen and oxygen atoms in total. The number of rotatable bonds is 2. The van der Waals surface area contributed by atoms with Crippen LogP contribution in [0.25, 0.3) is 11.0 Å². The molecule has 0 unspecified atom stereocenters. The zero-order valence-corrected chi connectivity index (χ0v) is 15.2. The van der Waals surface area contributed by atoms with Crippen molar-refractivity contribution in [1.82, 2.24) is 14.8 Å². The van der Waals surface area contributed by atoms with Gasteiger partial charge in [-0.05, 0) is 51.3 Å². The van der Waals surface area contributed by atoms with Crippen LogP contribution in [-0.2, 0) is 6.42 Å². The average Bonchev–Trinajstić information content (AvgIpc) is 3.04. The number of aryl methyl sites for hydroxylation is 2. The normalized spacial score (nSPS) is 14.1. The molecule has 134 valence electrons. The van der Waals surface area contributed by atoms with E-state index in [4.69, 9.17) is 0 Å². The Morgan fingerprint density at radius 1 is 1.31 bits per heavy atom. The first kappa shape index (κ1) is 16.7. The first-order valence-electron chi connectivity index (χ1n) is 8.91. The van der Waals surface area contributed by atoms with E-state index in [-0.39, 0.29) is 17.8 Å². The maximum absolute atomic E-state index is 14.5. The highest BCUT2D eigenvalue weighted by Crippen LogP contribution is 2.32. The minimum Gasteiger partial charge on any atom is -0.305 e. The summed E-state index contributed by atoms with van der Waals surface area (Å²) in [5, 5.41) is 5.10. The number of carbonyl (C=O) groups excluding carboxylic acids is 1. The Bertz CT molecular complexity index is 1010. The molecule has 0 saturated heterocycles. The van der Waals surface area contributed by atoms with Gasteiger partial charge < -0.3 is 4.90 Å². The molecule has 0 fully saturated rings. The monoisotopic (exact) mass is 352 g/mol. The van der Waals surface area contributed by atoms with Crippen LogP contribution < -0.4 is 4.90 Å². The van der Waals surface area contributed by atoms with E-state index in [1.807, 2.05) is 31.5 Å². The van der Waals surface area contributed by atoms with Crippen molar-refractivity contribution in [3.8, 4) is 0 Å². The molecule has 26 heavy (non-hydrogen) atoms. The van der Waals surface area contributed by atoms with Crippen molar-refractivity contribution in [2.75, 3.05) is 11.4 Å². The standard InChI is InChI=1S/C20H21FN4O/c1-12(2)25-19-16(11-22-25)15(10-13(3)23-19)20(26)24-9-5-7-14-6-4-8-17(21)18(14)24/h4,6,8,10-12H,5,7,9H2,1-3H3. The number of fused-ring (bicyclic) bond motifs is 2. The average molecular weight is 352 g/mol. The minimum absolute atomic E-state index is 0.137. The Labute approximate surface area is 151 Å². The molecule has 2 aromatic heterocycles. The molecule has 1 aliphatic rings. The lowest BCUT2D eigenvalue weighted by atomic mass is 10.00. The van der Waals surface area contributed by atoms with E-state index in [0.717, 1.165) is 24.1 Å². The maximum atomic E-state index is 14.5. The molecule has 0 bridgehead atoms. The summed E-state index contributed by atoms with van der Waals surface area (Å²) in [4.78, 5) is 19.5. The predicted octanol–water partition coefficient (Wildman–Crippen LogP) is 4.05. The second kappa shape index (κ2) is 6.20. The third-order valence-corrected chi connectivity index (χ3v) is 4.83. The molecule has 1 aromatic carbocycles. The smallest absolute Gasteiger partial charge is 0.259 e. The van der Waals surface area contributed by atoms with Gasteiger partial charge in [-0.3, -0.25) is 4.79 Å². The maximum Gasteiger partial charge on any atom is 0.259 e. The highest BCUT2D eigenvalue weighted by atomic mass is 19.1. The van der Waals surface area contributed by atoms with Crippen molar-refractivity contribution < 1.29 is 9.18 Å². The molecular formula is C20H21FN4O. The van der Waals surface area contributed by atoms with E-state index in [0.29, 0.717) is 28.8 Å². The number of aromatic nitrogens is 3. The molecule has 3 aromatic rings. The SMILES string of the molecule is Cc1cc(C(=O)N2CCCc3cccc(F)c32)c2cnn(C(C)C)c2n1. The van der Waals surface area contributed by atoms with E-state index < -0.39 is 0 Å². The number of pyridine rings is 1. The summed E-state index contributed by atoms with van der Waals surface area (Å²) in [6, 6.07) is 6.91. The summed E-state index contributed by atoms with van der Waals surface area (Å²) in [5.41, 5.74) is 3.24. The summed E-state index contributed by atoms with van der Waals surface area (Å²) in [7, 11) is 0. The number of hydrogen-bond donors (Lipinski definition) is 0. The predicted molar refractivity (Wildman–Crippen MR) is 99.0 cm³/mol. The molecule has 1 aliphatic heterocycles. The third kappa shape index (κ3) is 2.57. The van der Waals surface area contributed by atoms with Gasteiger partial charge in [0.25, 0.3) is 5.91 Å². The number of amides is 1. The number of halogens is 1. The van der Waals surface area contributed by atoms with Crippen LogP contribution in [-0.4, -0.2) is 27.2 Å². The Balaban J connectivity index is 1.86. The molecule has 0 saturated carbocycles. The fourth-order valence-corrected chi connectivity index (χ4v) is 3.65.